The number of rotatable bonds is 6. The van der Waals surface area contributed by atoms with Crippen LogP contribution in [0.2, 0.25) is 0 Å². The van der Waals surface area contributed by atoms with Crippen molar-refractivity contribution < 1.29 is 0 Å². The van der Waals surface area contributed by atoms with E-state index in [0.29, 0.717) is 31.6 Å². The molecule has 0 aromatic carbocycles. The van der Waals surface area contributed by atoms with Crippen molar-refractivity contribution in [3.05, 3.63) is 11.6 Å². The fourth-order valence-corrected chi connectivity index (χ4v) is 10.8. The zero-order valence-electron chi connectivity index (χ0n) is 19.6. The van der Waals surface area contributed by atoms with E-state index in [2.05, 4.69) is 37.8 Å². The van der Waals surface area contributed by atoms with Gasteiger partial charge in [-0.05, 0) is 108 Å². The average molecular weight is 509 g/mol. The lowest BCUT2D eigenvalue weighted by molar-refractivity contribution is -0.0451. The maximum Gasteiger partial charge on any atom is 0.0323 e. The molecule has 8 unspecified atom stereocenters. The Morgan fingerprint density at radius 2 is 1.86 bits per heavy atom. The Kier molecular flexibility index (Phi) is 5.88. The number of alkyl halides is 1. The topological polar surface area (TPSA) is 0 Å². The highest BCUT2D eigenvalue weighted by Gasteiger charge is 2.58. The van der Waals surface area contributed by atoms with Gasteiger partial charge in [-0.3, -0.25) is 0 Å². The van der Waals surface area contributed by atoms with Crippen molar-refractivity contribution in [2.45, 2.75) is 109 Å². The average Bonchev–Trinajstić information content (AvgIpc) is 3.47. The van der Waals surface area contributed by atoms with E-state index in [1.807, 2.05) is 5.57 Å². The third kappa shape index (κ3) is 3.76. The third-order valence-corrected chi connectivity index (χ3v) is 13.2. The highest BCUT2D eigenvalue weighted by molar-refractivity contribution is 14.2. The van der Waals surface area contributed by atoms with Crippen LogP contribution in [0.3, 0.4) is 0 Å². The van der Waals surface area contributed by atoms with Gasteiger partial charge in [0.05, 0.1) is 0 Å². The molecule has 3 saturated carbocycles. The summed E-state index contributed by atoms with van der Waals surface area (Å²) in [7, 11) is 0. The minimum atomic E-state index is 0.507. The Morgan fingerprint density at radius 3 is 2.62 bits per heavy atom. The first kappa shape index (κ1) is 21.2. The molecule has 5 rings (SSSR count). The molecule has 3 fully saturated rings. The summed E-state index contributed by atoms with van der Waals surface area (Å²) >= 11 is 0.507. The molecule has 0 nitrogen and oxygen atoms in total. The van der Waals surface area contributed by atoms with Gasteiger partial charge in [-0.1, -0.05) is 58.6 Å². The molecule has 29 heavy (non-hydrogen) atoms. The molecule has 5 aliphatic rings. The van der Waals surface area contributed by atoms with E-state index in [0.717, 1.165) is 39.4 Å². The van der Waals surface area contributed by atoms with Crippen LogP contribution in [0.4, 0.5) is 0 Å². The van der Waals surface area contributed by atoms with E-state index in [4.69, 9.17) is 0 Å². The fourth-order valence-electron chi connectivity index (χ4n) is 8.73. The van der Waals surface area contributed by atoms with Crippen LogP contribution in [0.25, 0.3) is 0 Å². The number of fused-ring (bicyclic) bond motifs is 5. The number of allylic oxidation sites excluding steroid dienone is 2. The van der Waals surface area contributed by atoms with Gasteiger partial charge in [-0.2, -0.15) is 0 Å². The lowest BCUT2D eigenvalue weighted by atomic mass is 9.47. The Labute approximate surface area is 190 Å². The molecule has 0 aromatic rings. The van der Waals surface area contributed by atoms with Gasteiger partial charge >= 0.3 is 0 Å². The number of unbranched alkanes of at least 4 members (excludes halogenated alkanes) is 1. The van der Waals surface area contributed by atoms with Gasteiger partial charge < -0.3 is 0 Å². The minimum absolute atomic E-state index is 0.507. The second kappa shape index (κ2) is 8.04. The van der Waals surface area contributed by atoms with Crippen LogP contribution in [0, 0.1) is 46.3 Å². The van der Waals surface area contributed by atoms with Gasteiger partial charge in [-0.25, -0.2) is 0 Å². The molecule has 0 radical (unpaired) electrons. The third-order valence-electron chi connectivity index (χ3n) is 10.6. The van der Waals surface area contributed by atoms with E-state index in [1.165, 1.54) is 44.9 Å². The number of halogens is 1. The highest BCUT2D eigenvalue weighted by Crippen LogP contribution is 2.67. The fraction of sp³-hybridized carbons (Fsp3) is 0.893. The standard InChI is InChI=1S/C28H45I/c1-19(2)7-5-6-8-21-10-12-24-23-11-9-22-17-20(26-18-29-26)13-15-28(22,4)25(23)14-16-27(21,24)3/h9,18-21,23-26H,5-8,10-17H2,1-4H3. The molecule has 4 aliphatic carbocycles. The van der Waals surface area contributed by atoms with Crippen molar-refractivity contribution in [3.8, 4) is 0 Å². The summed E-state index contributed by atoms with van der Waals surface area (Å²) in [6, 6.07) is 0. The Hall–Kier alpha value is 0.340. The van der Waals surface area contributed by atoms with Crippen LogP contribution < -0.4 is 0 Å². The summed E-state index contributed by atoms with van der Waals surface area (Å²) in [5, 5.41) is 0. The summed E-state index contributed by atoms with van der Waals surface area (Å²) in [6.07, 6.45) is 20.9. The molecule has 8 atom stereocenters. The van der Waals surface area contributed by atoms with E-state index >= 15 is 0 Å². The SMILES string of the molecule is CC(C)CCCCC1CCC2C3CC=C4CC(C5C=I5)CCC4(C)C3CCC12C. The molecule has 0 N–H and O–H groups in total. The minimum Gasteiger partial charge on any atom is -0.118 e. The molecule has 1 heteroatoms. The summed E-state index contributed by atoms with van der Waals surface area (Å²) in [5.41, 5.74) is 3.17. The molecular formula is C28H45I. The van der Waals surface area contributed by atoms with Crippen LogP contribution in [0.1, 0.15) is 105 Å². The maximum atomic E-state index is 2.80. The van der Waals surface area contributed by atoms with Gasteiger partial charge in [-0.15, -0.1) is 20.7 Å². The molecular weight excluding hydrogens is 463 g/mol. The number of hydrogen-bond acceptors (Lipinski definition) is 0. The van der Waals surface area contributed by atoms with Crippen molar-refractivity contribution in [2.24, 2.45) is 46.3 Å². The monoisotopic (exact) mass is 508 g/mol. The molecule has 0 saturated heterocycles. The molecule has 0 spiro atoms. The first-order chi connectivity index (χ1) is 13.9. The molecule has 1 aliphatic heterocycles. The van der Waals surface area contributed by atoms with E-state index in [-0.39, 0.29) is 0 Å². The number of hydrogen-bond donors (Lipinski definition) is 0. The largest absolute Gasteiger partial charge is 0.118 e. The zero-order valence-corrected chi connectivity index (χ0v) is 21.7. The summed E-state index contributed by atoms with van der Waals surface area (Å²) in [6.45, 7) is 10.2. The molecule has 164 valence electrons. The van der Waals surface area contributed by atoms with Crippen molar-refractivity contribution in [1.82, 2.24) is 0 Å². The zero-order chi connectivity index (χ0) is 20.2. The first-order valence-electron chi connectivity index (χ1n) is 13.1. The van der Waals surface area contributed by atoms with Crippen LogP contribution in [-0.2, 0) is 0 Å². The Balaban J connectivity index is 1.27. The predicted octanol–water partition coefficient (Wildman–Crippen LogP) is 8.55. The molecule has 0 amide bonds. The van der Waals surface area contributed by atoms with Crippen molar-refractivity contribution >= 4 is 24.7 Å². The van der Waals surface area contributed by atoms with Gasteiger partial charge in [0.1, 0.15) is 0 Å². The Morgan fingerprint density at radius 1 is 1.03 bits per heavy atom. The van der Waals surface area contributed by atoms with Crippen molar-refractivity contribution in [2.75, 3.05) is 0 Å². The normalized spacial score (nSPS) is 48.4. The Bertz CT molecular complexity index is 668. The van der Waals surface area contributed by atoms with E-state index < -0.39 is 0 Å². The van der Waals surface area contributed by atoms with Gasteiger partial charge in [0.25, 0.3) is 0 Å². The maximum absolute atomic E-state index is 2.80. The van der Waals surface area contributed by atoms with E-state index in [9.17, 15) is 0 Å². The summed E-state index contributed by atoms with van der Waals surface area (Å²) < 4.78 is 3.78. The molecule has 0 aromatic heterocycles. The van der Waals surface area contributed by atoms with E-state index in [1.54, 1.807) is 32.1 Å². The summed E-state index contributed by atoms with van der Waals surface area (Å²) in [4.78, 5) is 0. The smallest absolute Gasteiger partial charge is 0.0323 e. The summed E-state index contributed by atoms with van der Waals surface area (Å²) in [5.74, 6) is 6.03. The van der Waals surface area contributed by atoms with Crippen LogP contribution in [-0.4, -0.2) is 7.94 Å². The van der Waals surface area contributed by atoms with Gasteiger partial charge in [0.15, 0.2) is 0 Å². The molecule has 0 bridgehead atoms. The predicted molar refractivity (Wildman–Crippen MR) is 136 cm³/mol. The lowest BCUT2D eigenvalue weighted by Gasteiger charge is -2.58. The van der Waals surface area contributed by atoms with Gasteiger partial charge in [0, 0.05) is 3.92 Å². The van der Waals surface area contributed by atoms with Crippen LogP contribution in [0.15, 0.2) is 11.6 Å². The molecule has 1 heterocycles. The highest BCUT2D eigenvalue weighted by atomic mass is 127. The quantitative estimate of drug-likeness (QED) is 0.146. The van der Waals surface area contributed by atoms with Crippen LogP contribution in [0.5, 0.6) is 0 Å². The van der Waals surface area contributed by atoms with Crippen LogP contribution >= 0.6 is 20.7 Å². The lowest BCUT2D eigenvalue weighted by Crippen LogP contribution is -2.50. The second-order valence-electron chi connectivity index (χ2n) is 12.5. The first-order valence-corrected chi connectivity index (χ1v) is 15.6. The van der Waals surface area contributed by atoms with Gasteiger partial charge in [0.2, 0.25) is 0 Å². The second-order valence-corrected chi connectivity index (χ2v) is 15.3. The van der Waals surface area contributed by atoms with Crippen molar-refractivity contribution in [3.63, 3.8) is 0 Å². The van der Waals surface area contributed by atoms with Crippen molar-refractivity contribution in [1.29, 1.82) is 0 Å².